The second-order valence-corrected chi connectivity index (χ2v) is 10.7. The molecule has 28 heavy (non-hydrogen) atoms. The average Bonchev–Trinajstić information content (AvgIpc) is 2.64. The summed E-state index contributed by atoms with van der Waals surface area (Å²) in [7, 11) is 0. The zero-order valence-corrected chi connectivity index (χ0v) is 17.3. The van der Waals surface area contributed by atoms with Gasteiger partial charge in [-0.3, -0.25) is 9.52 Å². The molecule has 4 fully saturated rings. The Morgan fingerprint density at radius 2 is 1.82 bits per heavy atom. The van der Waals surface area contributed by atoms with Gasteiger partial charge in [-0.2, -0.15) is 13.2 Å². The molecule has 0 saturated heterocycles. The number of halogens is 3. The van der Waals surface area contributed by atoms with Crippen LogP contribution in [-0.2, 0) is 9.53 Å². The van der Waals surface area contributed by atoms with Gasteiger partial charge in [0.25, 0.3) is 0 Å². The van der Waals surface area contributed by atoms with Crippen molar-refractivity contribution >= 4 is 17.9 Å². The van der Waals surface area contributed by atoms with Gasteiger partial charge in [0.15, 0.2) is 0 Å². The zero-order valence-electron chi connectivity index (χ0n) is 16.4. The molecule has 4 aliphatic rings. The van der Waals surface area contributed by atoms with Gasteiger partial charge in [0.05, 0.1) is 5.41 Å². The zero-order chi connectivity index (χ0) is 19.8. The van der Waals surface area contributed by atoms with Crippen LogP contribution < -0.4 is 4.72 Å². The number of fused-ring (bicyclic) bond motifs is 2. The Hall–Kier alpha value is -0.430. The SMILES string of the molecule is O=C(OC1CCC(CCNSC(F)(F)F)CC1)C12CCC3CCC(CC3C1)C2. The van der Waals surface area contributed by atoms with Crippen molar-refractivity contribution in [1.82, 2.24) is 4.72 Å². The molecule has 0 aromatic rings. The van der Waals surface area contributed by atoms with Crippen LogP contribution in [0.2, 0.25) is 0 Å². The van der Waals surface area contributed by atoms with E-state index >= 15 is 0 Å². The van der Waals surface area contributed by atoms with E-state index in [-0.39, 0.29) is 29.4 Å². The van der Waals surface area contributed by atoms with E-state index in [1.807, 2.05) is 0 Å². The number of hydrogen-bond donors (Lipinski definition) is 1. The van der Waals surface area contributed by atoms with E-state index in [9.17, 15) is 18.0 Å². The molecule has 0 aromatic carbocycles. The van der Waals surface area contributed by atoms with E-state index in [1.165, 1.54) is 25.7 Å². The van der Waals surface area contributed by atoms with E-state index in [0.29, 0.717) is 12.5 Å². The molecule has 0 heterocycles. The van der Waals surface area contributed by atoms with Gasteiger partial charge in [-0.25, -0.2) is 0 Å². The molecule has 4 aliphatic carbocycles. The van der Waals surface area contributed by atoms with Crippen molar-refractivity contribution in [3.05, 3.63) is 0 Å². The van der Waals surface area contributed by atoms with E-state index in [1.54, 1.807) is 0 Å². The number of esters is 1. The van der Waals surface area contributed by atoms with Gasteiger partial charge in [-0.05, 0) is 94.3 Å². The molecule has 3 nitrogen and oxygen atoms in total. The molecule has 160 valence electrons. The van der Waals surface area contributed by atoms with Crippen molar-refractivity contribution in [2.75, 3.05) is 6.54 Å². The molecular weight excluding hydrogens is 387 g/mol. The summed E-state index contributed by atoms with van der Waals surface area (Å²) in [5, 5.41) is 0. The number of nitrogens with one attached hydrogen (secondary N) is 1. The number of hydrogen-bond acceptors (Lipinski definition) is 4. The van der Waals surface area contributed by atoms with Crippen LogP contribution in [0.4, 0.5) is 13.2 Å². The van der Waals surface area contributed by atoms with Crippen LogP contribution in [0.5, 0.6) is 0 Å². The third kappa shape index (κ3) is 4.82. The van der Waals surface area contributed by atoms with Gasteiger partial charge in [0.1, 0.15) is 6.10 Å². The summed E-state index contributed by atoms with van der Waals surface area (Å²) >= 11 is -0.160. The lowest BCUT2D eigenvalue weighted by molar-refractivity contribution is -0.175. The van der Waals surface area contributed by atoms with Crippen molar-refractivity contribution in [3.8, 4) is 0 Å². The van der Waals surface area contributed by atoms with Crippen LogP contribution in [0.1, 0.15) is 77.0 Å². The monoisotopic (exact) mass is 419 g/mol. The largest absolute Gasteiger partial charge is 0.462 e. The van der Waals surface area contributed by atoms with Crippen molar-refractivity contribution in [3.63, 3.8) is 0 Å². The Balaban J connectivity index is 1.20. The second kappa shape index (κ2) is 8.37. The minimum absolute atomic E-state index is 0.00937. The normalized spacial score (nSPS) is 40.3. The van der Waals surface area contributed by atoms with Crippen LogP contribution in [0.25, 0.3) is 0 Å². The molecule has 3 bridgehead atoms. The molecule has 7 heteroatoms. The second-order valence-electron chi connectivity index (χ2n) is 9.71. The lowest BCUT2D eigenvalue weighted by atomic mass is 9.51. The van der Waals surface area contributed by atoms with Crippen LogP contribution >= 0.6 is 11.9 Å². The highest BCUT2D eigenvalue weighted by atomic mass is 32.2. The number of alkyl halides is 3. The maximum absolute atomic E-state index is 13.1. The first-order valence-corrected chi connectivity index (χ1v) is 11.8. The van der Waals surface area contributed by atoms with Crippen molar-refractivity contribution < 1.29 is 22.7 Å². The number of ether oxygens (including phenoxy) is 1. The summed E-state index contributed by atoms with van der Waals surface area (Å²) in [4.78, 5) is 13.1. The summed E-state index contributed by atoms with van der Waals surface area (Å²) in [5.74, 6) is 2.80. The third-order valence-corrected chi connectivity index (χ3v) is 8.50. The lowest BCUT2D eigenvalue weighted by Crippen LogP contribution is -2.49. The van der Waals surface area contributed by atoms with Crippen molar-refractivity contribution in [1.29, 1.82) is 0 Å². The molecule has 0 aromatic heterocycles. The number of carbonyl (C=O) groups is 1. The molecule has 4 atom stereocenters. The molecule has 0 radical (unpaired) electrons. The Bertz CT molecular complexity index is 560. The van der Waals surface area contributed by atoms with Gasteiger partial charge in [0, 0.05) is 18.5 Å². The first kappa shape index (κ1) is 20.8. The van der Waals surface area contributed by atoms with E-state index in [2.05, 4.69) is 4.72 Å². The fourth-order valence-electron chi connectivity index (χ4n) is 6.52. The van der Waals surface area contributed by atoms with Crippen LogP contribution in [0.15, 0.2) is 0 Å². The maximum Gasteiger partial charge on any atom is 0.456 e. The minimum atomic E-state index is -4.22. The van der Waals surface area contributed by atoms with Gasteiger partial charge in [0.2, 0.25) is 0 Å². The Morgan fingerprint density at radius 1 is 1.04 bits per heavy atom. The predicted octanol–water partition coefficient (Wildman–Crippen LogP) is 5.84. The number of carbonyl (C=O) groups excluding carboxylic acids is 1. The Labute approximate surface area is 170 Å². The average molecular weight is 420 g/mol. The molecule has 4 saturated carbocycles. The highest BCUT2D eigenvalue weighted by molar-refractivity contribution is 7.98. The fourth-order valence-corrected chi connectivity index (χ4v) is 6.91. The van der Waals surface area contributed by atoms with Gasteiger partial charge < -0.3 is 4.74 Å². The van der Waals surface area contributed by atoms with E-state index in [4.69, 9.17) is 4.74 Å². The first-order chi connectivity index (χ1) is 13.3. The van der Waals surface area contributed by atoms with Crippen molar-refractivity contribution in [2.24, 2.45) is 29.1 Å². The van der Waals surface area contributed by atoms with Gasteiger partial charge in [-0.1, -0.05) is 6.42 Å². The Kier molecular flexibility index (Phi) is 6.22. The third-order valence-electron chi connectivity index (χ3n) is 7.92. The lowest BCUT2D eigenvalue weighted by Gasteiger charge is -2.53. The topological polar surface area (TPSA) is 38.3 Å². The summed E-state index contributed by atoms with van der Waals surface area (Å²) in [6.45, 7) is 0.367. The summed E-state index contributed by atoms with van der Waals surface area (Å²) in [5.41, 5.74) is -4.43. The molecular formula is C21H32F3NO2S. The molecule has 4 rings (SSSR count). The summed E-state index contributed by atoms with van der Waals surface area (Å²) in [6.07, 6.45) is 12.6. The Morgan fingerprint density at radius 3 is 2.57 bits per heavy atom. The van der Waals surface area contributed by atoms with Crippen LogP contribution in [-0.4, -0.2) is 24.1 Å². The quantitative estimate of drug-likeness (QED) is 0.333. The minimum Gasteiger partial charge on any atom is -0.462 e. The number of rotatable bonds is 6. The van der Waals surface area contributed by atoms with E-state index < -0.39 is 5.51 Å². The fraction of sp³-hybridized carbons (Fsp3) is 0.952. The molecule has 0 spiro atoms. The molecule has 4 unspecified atom stereocenters. The van der Waals surface area contributed by atoms with Gasteiger partial charge in [-0.15, -0.1) is 0 Å². The molecule has 0 amide bonds. The standard InChI is InChI=1S/C21H32F3NO2S/c22-21(23,24)28-25-10-8-14-2-5-18(6-3-14)27-19(26)20-9-7-16-4-1-15(12-20)11-17(16)13-20/h14-18,25H,1-13H2. The predicted molar refractivity (Wildman–Crippen MR) is 103 cm³/mol. The first-order valence-electron chi connectivity index (χ1n) is 11.0. The smallest absolute Gasteiger partial charge is 0.456 e. The van der Waals surface area contributed by atoms with Crippen LogP contribution in [0, 0.1) is 29.1 Å². The van der Waals surface area contributed by atoms with E-state index in [0.717, 1.165) is 69.1 Å². The maximum atomic E-state index is 13.1. The van der Waals surface area contributed by atoms with Gasteiger partial charge >= 0.3 is 11.5 Å². The summed E-state index contributed by atoms with van der Waals surface area (Å²) in [6, 6.07) is 0. The van der Waals surface area contributed by atoms with Crippen molar-refractivity contribution in [2.45, 2.75) is 88.7 Å². The molecule has 1 N–H and O–H groups in total. The highest BCUT2D eigenvalue weighted by Gasteiger charge is 2.54. The highest BCUT2D eigenvalue weighted by Crippen LogP contribution is 2.58. The molecule has 0 aliphatic heterocycles. The summed E-state index contributed by atoms with van der Waals surface area (Å²) < 4.78 is 44.8. The van der Waals surface area contributed by atoms with Crippen LogP contribution in [0.3, 0.4) is 0 Å².